The number of nitrogens with zero attached hydrogens (tertiary/aromatic N) is 1. The SMILES string of the molecule is O=C1CCN(C(=O)COCC2CCCO2)C(c2ccccc2)C1. The average molecular weight is 317 g/mol. The first-order valence-electron chi connectivity index (χ1n) is 8.29. The molecule has 1 aromatic rings. The van der Waals surface area contributed by atoms with Gasteiger partial charge in [-0.1, -0.05) is 30.3 Å². The molecule has 2 aliphatic heterocycles. The van der Waals surface area contributed by atoms with Gasteiger partial charge in [0.25, 0.3) is 0 Å². The molecular formula is C18H23NO4. The second-order valence-electron chi connectivity index (χ2n) is 6.16. The highest BCUT2D eigenvalue weighted by molar-refractivity contribution is 5.85. The number of rotatable bonds is 5. The summed E-state index contributed by atoms with van der Waals surface area (Å²) < 4.78 is 11.0. The minimum absolute atomic E-state index is 0.0515. The minimum Gasteiger partial charge on any atom is -0.376 e. The van der Waals surface area contributed by atoms with E-state index in [1.54, 1.807) is 4.90 Å². The highest BCUT2D eigenvalue weighted by Gasteiger charge is 2.31. The van der Waals surface area contributed by atoms with Crippen LogP contribution in [0.4, 0.5) is 0 Å². The first kappa shape index (κ1) is 16.1. The first-order chi connectivity index (χ1) is 11.2. The molecular weight excluding hydrogens is 294 g/mol. The smallest absolute Gasteiger partial charge is 0.249 e. The molecule has 2 unspecified atom stereocenters. The second kappa shape index (κ2) is 7.70. The number of likely N-dealkylation sites (tertiary alicyclic amines) is 1. The highest BCUT2D eigenvalue weighted by Crippen LogP contribution is 2.29. The number of amides is 1. The van der Waals surface area contributed by atoms with Crippen molar-refractivity contribution < 1.29 is 19.1 Å². The average Bonchev–Trinajstić information content (AvgIpc) is 3.09. The van der Waals surface area contributed by atoms with Crippen molar-refractivity contribution in [2.75, 3.05) is 26.4 Å². The molecule has 1 amide bonds. The third-order valence-electron chi connectivity index (χ3n) is 4.49. The van der Waals surface area contributed by atoms with Crippen molar-refractivity contribution >= 4 is 11.7 Å². The fourth-order valence-corrected chi connectivity index (χ4v) is 3.24. The van der Waals surface area contributed by atoms with Gasteiger partial charge in [0, 0.05) is 26.0 Å². The molecule has 0 N–H and O–H groups in total. The summed E-state index contributed by atoms with van der Waals surface area (Å²) in [5.74, 6) is 0.160. The Balaban J connectivity index is 1.58. The standard InChI is InChI=1S/C18H23NO4/c20-15-8-9-19(17(11-15)14-5-2-1-3-6-14)18(21)13-22-12-16-7-4-10-23-16/h1-3,5-6,16-17H,4,7-13H2. The van der Waals surface area contributed by atoms with Crippen LogP contribution in [0.3, 0.4) is 0 Å². The molecule has 0 radical (unpaired) electrons. The number of hydrogen-bond acceptors (Lipinski definition) is 4. The summed E-state index contributed by atoms with van der Waals surface area (Å²) in [4.78, 5) is 26.1. The monoisotopic (exact) mass is 317 g/mol. The Morgan fingerprint density at radius 2 is 2.13 bits per heavy atom. The molecule has 0 aromatic heterocycles. The molecule has 0 spiro atoms. The molecule has 2 atom stereocenters. The van der Waals surface area contributed by atoms with E-state index < -0.39 is 0 Å². The highest BCUT2D eigenvalue weighted by atomic mass is 16.5. The Morgan fingerprint density at radius 3 is 2.87 bits per heavy atom. The van der Waals surface area contributed by atoms with Crippen LogP contribution in [0, 0.1) is 0 Å². The molecule has 2 heterocycles. The number of ketones is 1. The van der Waals surface area contributed by atoms with Crippen molar-refractivity contribution in [1.29, 1.82) is 0 Å². The Labute approximate surface area is 136 Å². The van der Waals surface area contributed by atoms with Crippen molar-refractivity contribution in [2.24, 2.45) is 0 Å². The number of carbonyl (C=O) groups excluding carboxylic acids is 2. The predicted octanol–water partition coefficient (Wildman–Crippen LogP) is 2.11. The molecule has 0 bridgehead atoms. The van der Waals surface area contributed by atoms with Gasteiger partial charge in [0.1, 0.15) is 12.4 Å². The summed E-state index contributed by atoms with van der Waals surface area (Å²) in [6.45, 7) is 1.78. The lowest BCUT2D eigenvalue weighted by molar-refractivity contribution is -0.143. The number of piperidine rings is 1. The van der Waals surface area contributed by atoms with Crippen LogP contribution in [-0.2, 0) is 19.1 Å². The molecule has 5 heteroatoms. The fourth-order valence-electron chi connectivity index (χ4n) is 3.24. The van der Waals surface area contributed by atoms with Crippen LogP contribution in [0.25, 0.3) is 0 Å². The summed E-state index contributed by atoms with van der Waals surface area (Å²) in [5.41, 5.74) is 1.01. The van der Waals surface area contributed by atoms with Gasteiger partial charge in [-0.3, -0.25) is 9.59 Å². The number of Topliss-reactive ketones (excluding diaryl/α,β-unsaturated/α-hetero) is 1. The van der Waals surface area contributed by atoms with Gasteiger partial charge in [0.2, 0.25) is 5.91 Å². The lowest BCUT2D eigenvalue weighted by atomic mass is 9.94. The molecule has 2 fully saturated rings. The quantitative estimate of drug-likeness (QED) is 0.835. The number of carbonyl (C=O) groups is 2. The van der Waals surface area contributed by atoms with Gasteiger partial charge in [0.15, 0.2) is 0 Å². The molecule has 3 rings (SSSR count). The van der Waals surface area contributed by atoms with E-state index in [0.717, 1.165) is 25.0 Å². The van der Waals surface area contributed by atoms with Crippen LogP contribution in [0.2, 0.25) is 0 Å². The van der Waals surface area contributed by atoms with Crippen LogP contribution >= 0.6 is 0 Å². The maximum atomic E-state index is 12.5. The van der Waals surface area contributed by atoms with Gasteiger partial charge in [-0.15, -0.1) is 0 Å². The van der Waals surface area contributed by atoms with Gasteiger partial charge in [0.05, 0.1) is 18.8 Å². The molecule has 0 saturated carbocycles. The Kier molecular flexibility index (Phi) is 5.41. The largest absolute Gasteiger partial charge is 0.376 e. The van der Waals surface area contributed by atoms with Crippen LogP contribution in [-0.4, -0.2) is 49.1 Å². The number of hydrogen-bond donors (Lipinski definition) is 0. The van der Waals surface area contributed by atoms with E-state index in [2.05, 4.69) is 0 Å². The molecule has 0 aliphatic carbocycles. The number of ether oxygens (including phenoxy) is 2. The minimum atomic E-state index is -0.170. The summed E-state index contributed by atoms with van der Waals surface area (Å²) in [7, 11) is 0. The zero-order valence-electron chi connectivity index (χ0n) is 13.3. The second-order valence-corrected chi connectivity index (χ2v) is 6.16. The lowest BCUT2D eigenvalue weighted by Gasteiger charge is -2.35. The van der Waals surface area contributed by atoms with Crippen molar-refractivity contribution in [1.82, 2.24) is 4.90 Å². The van der Waals surface area contributed by atoms with E-state index in [1.165, 1.54) is 0 Å². The summed E-state index contributed by atoms with van der Waals surface area (Å²) >= 11 is 0. The summed E-state index contributed by atoms with van der Waals surface area (Å²) in [6, 6.07) is 9.57. The van der Waals surface area contributed by atoms with E-state index in [-0.39, 0.29) is 30.4 Å². The molecule has 1 aromatic carbocycles. The number of benzene rings is 1. The molecule has 2 saturated heterocycles. The Morgan fingerprint density at radius 1 is 1.30 bits per heavy atom. The van der Waals surface area contributed by atoms with Crippen molar-refractivity contribution in [3.05, 3.63) is 35.9 Å². The third-order valence-corrected chi connectivity index (χ3v) is 4.49. The zero-order valence-corrected chi connectivity index (χ0v) is 13.3. The van der Waals surface area contributed by atoms with E-state index >= 15 is 0 Å². The Hall–Kier alpha value is -1.72. The van der Waals surface area contributed by atoms with Gasteiger partial charge in [-0.05, 0) is 18.4 Å². The van der Waals surface area contributed by atoms with Gasteiger partial charge >= 0.3 is 0 Å². The van der Waals surface area contributed by atoms with E-state index in [1.807, 2.05) is 30.3 Å². The summed E-state index contributed by atoms with van der Waals surface area (Å²) in [5, 5.41) is 0. The molecule has 2 aliphatic rings. The van der Waals surface area contributed by atoms with E-state index in [4.69, 9.17) is 9.47 Å². The van der Waals surface area contributed by atoms with Gasteiger partial charge < -0.3 is 14.4 Å². The normalized spacial score (nSPS) is 24.9. The van der Waals surface area contributed by atoms with Crippen molar-refractivity contribution in [3.63, 3.8) is 0 Å². The molecule has 5 nitrogen and oxygen atoms in total. The van der Waals surface area contributed by atoms with Crippen LogP contribution in [0.5, 0.6) is 0 Å². The van der Waals surface area contributed by atoms with Crippen LogP contribution in [0.15, 0.2) is 30.3 Å². The fraction of sp³-hybridized carbons (Fsp3) is 0.556. The lowest BCUT2D eigenvalue weighted by Crippen LogP contribution is -2.43. The molecule has 124 valence electrons. The topological polar surface area (TPSA) is 55.8 Å². The van der Waals surface area contributed by atoms with Crippen molar-refractivity contribution in [2.45, 2.75) is 37.8 Å². The Bertz CT molecular complexity index is 539. The predicted molar refractivity (Wildman–Crippen MR) is 84.9 cm³/mol. The molecule has 23 heavy (non-hydrogen) atoms. The van der Waals surface area contributed by atoms with Crippen molar-refractivity contribution in [3.8, 4) is 0 Å². The third kappa shape index (κ3) is 4.18. The van der Waals surface area contributed by atoms with E-state index in [0.29, 0.717) is 26.0 Å². The first-order valence-corrected chi connectivity index (χ1v) is 8.29. The van der Waals surface area contributed by atoms with Crippen LogP contribution < -0.4 is 0 Å². The van der Waals surface area contributed by atoms with Gasteiger partial charge in [-0.2, -0.15) is 0 Å². The van der Waals surface area contributed by atoms with E-state index in [9.17, 15) is 9.59 Å². The zero-order chi connectivity index (χ0) is 16.1. The summed E-state index contributed by atoms with van der Waals surface area (Å²) in [6.07, 6.45) is 3.00. The van der Waals surface area contributed by atoms with Gasteiger partial charge in [-0.25, -0.2) is 0 Å². The maximum absolute atomic E-state index is 12.5. The van der Waals surface area contributed by atoms with Crippen LogP contribution in [0.1, 0.15) is 37.3 Å². The maximum Gasteiger partial charge on any atom is 0.249 e.